The smallest absolute Gasteiger partial charge is 0.269 e. The van der Waals surface area contributed by atoms with Crippen molar-refractivity contribution in [2.45, 2.75) is 37.6 Å². The van der Waals surface area contributed by atoms with Crippen molar-refractivity contribution in [1.29, 1.82) is 0 Å². The van der Waals surface area contributed by atoms with Gasteiger partial charge in [-0.25, -0.2) is 13.1 Å². The van der Waals surface area contributed by atoms with Crippen LogP contribution < -0.4 is 4.72 Å². The summed E-state index contributed by atoms with van der Waals surface area (Å²) >= 11 is 0. The molecule has 1 heterocycles. The van der Waals surface area contributed by atoms with Crippen molar-refractivity contribution in [2.24, 2.45) is 0 Å². The summed E-state index contributed by atoms with van der Waals surface area (Å²) < 4.78 is 28.5. The summed E-state index contributed by atoms with van der Waals surface area (Å²) in [6.07, 6.45) is 2.45. The number of hydrogen-bond donors (Lipinski definition) is 1. The van der Waals surface area contributed by atoms with E-state index in [4.69, 9.17) is 0 Å². The lowest BCUT2D eigenvalue weighted by Gasteiger charge is -2.28. The highest BCUT2D eigenvalue weighted by atomic mass is 32.2. The van der Waals surface area contributed by atoms with Crippen molar-refractivity contribution in [2.75, 3.05) is 19.6 Å². The molecule has 3 aromatic carbocycles. The fraction of sp³-hybridized carbons (Fsp3) is 0.333. The summed E-state index contributed by atoms with van der Waals surface area (Å²) in [4.78, 5) is 13.2. The molecule has 7 nitrogen and oxygen atoms in total. The van der Waals surface area contributed by atoms with E-state index in [1.165, 1.54) is 5.56 Å². The maximum atomic E-state index is 12.9. The Hall–Kier alpha value is -2.81. The van der Waals surface area contributed by atoms with Gasteiger partial charge in [-0.1, -0.05) is 36.4 Å². The minimum atomic E-state index is -3.59. The lowest BCUT2D eigenvalue weighted by atomic mass is 9.99. The zero-order chi connectivity index (χ0) is 22.7. The summed E-state index contributed by atoms with van der Waals surface area (Å²) in [6.45, 7) is 4.78. The Bertz CT molecular complexity index is 1260. The Labute approximate surface area is 188 Å². The highest BCUT2D eigenvalue weighted by molar-refractivity contribution is 7.89. The van der Waals surface area contributed by atoms with Gasteiger partial charge < -0.3 is 0 Å². The van der Waals surface area contributed by atoms with Gasteiger partial charge in [0, 0.05) is 37.2 Å². The minimum Gasteiger partial charge on any atom is -0.299 e. The number of rotatable bonds is 8. The highest BCUT2D eigenvalue weighted by Gasteiger charge is 2.20. The standard InChI is InChI=1S/C24H27N3O4S/c1-18-8-11-24(23-7-3-2-6-22(18)23)32(30,31)25-13-4-5-14-26-15-12-19-9-10-21(27(28)29)16-20(19)17-26/h2-3,6-11,16,25H,4-5,12-15,17H2,1H3. The summed E-state index contributed by atoms with van der Waals surface area (Å²) in [5.41, 5.74) is 3.36. The van der Waals surface area contributed by atoms with Gasteiger partial charge in [0.25, 0.3) is 5.69 Å². The number of nitro groups is 1. The van der Waals surface area contributed by atoms with E-state index in [2.05, 4.69) is 9.62 Å². The number of nitrogens with zero attached hydrogens (tertiary/aromatic N) is 2. The van der Waals surface area contributed by atoms with Gasteiger partial charge in [0.1, 0.15) is 0 Å². The summed E-state index contributed by atoms with van der Waals surface area (Å²) in [7, 11) is -3.59. The highest BCUT2D eigenvalue weighted by Crippen LogP contribution is 2.26. The Morgan fingerprint density at radius 1 is 1.03 bits per heavy atom. The van der Waals surface area contributed by atoms with Crippen LogP contribution in [0.3, 0.4) is 0 Å². The minimum absolute atomic E-state index is 0.128. The van der Waals surface area contributed by atoms with Crippen LogP contribution in [0.2, 0.25) is 0 Å². The predicted octanol–water partition coefficient (Wildman–Crippen LogP) is 4.17. The number of sulfonamides is 1. The maximum absolute atomic E-state index is 12.9. The largest absolute Gasteiger partial charge is 0.299 e. The number of unbranched alkanes of at least 4 members (excludes halogenated alkanes) is 1. The third-order valence-electron chi connectivity index (χ3n) is 6.08. The molecule has 0 aliphatic carbocycles. The van der Waals surface area contributed by atoms with E-state index >= 15 is 0 Å². The first-order valence-corrected chi connectivity index (χ1v) is 12.3. The number of fused-ring (bicyclic) bond motifs is 2. The number of non-ortho nitro benzene ring substituents is 1. The zero-order valence-corrected chi connectivity index (χ0v) is 18.9. The van der Waals surface area contributed by atoms with E-state index in [0.717, 1.165) is 54.3 Å². The zero-order valence-electron chi connectivity index (χ0n) is 18.1. The van der Waals surface area contributed by atoms with Crippen molar-refractivity contribution in [3.63, 3.8) is 0 Å². The molecule has 0 unspecified atom stereocenters. The number of benzene rings is 3. The molecular weight excluding hydrogens is 426 g/mol. The van der Waals surface area contributed by atoms with Crippen molar-refractivity contribution in [3.05, 3.63) is 81.4 Å². The van der Waals surface area contributed by atoms with E-state index in [0.29, 0.717) is 18.0 Å². The number of aryl methyl sites for hydroxylation is 1. The van der Waals surface area contributed by atoms with Crippen LogP contribution >= 0.6 is 0 Å². The van der Waals surface area contributed by atoms with Crippen LogP contribution in [0.25, 0.3) is 10.8 Å². The third-order valence-corrected chi connectivity index (χ3v) is 7.60. The Kier molecular flexibility index (Phi) is 6.55. The van der Waals surface area contributed by atoms with E-state index in [1.54, 1.807) is 18.2 Å². The monoisotopic (exact) mass is 453 g/mol. The number of nitrogens with one attached hydrogen (secondary N) is 1. The molecule has 0 spiro atoms. The van der Waals surface area contributed by atoms with Crippen LogP contribution in [-0.2, 0) is 23.0 Å². The molecule has 1 aliphatic rings. The third kappa shape index (κ3) is 4.82. The molecule has 0 saturated heterocycles. The average molecular weight is 454 g/mol. The lowest BCUT2D eigenvalue weighted by Crippen LogP contribution is -2.32. The Balaban J connectivity index is 1.30. The lowest BCUT2D eigenvalue weighted by molar-refractivity contribution is -0.385. The molecule has 8 heteroatoms. The fourth-order valence-electron chi connectivity index (χ4n) is 4.31. The first-order valence-electron chi connectivity index (χ1n) is 10.8. The summed E-state index contributed by atoms with van der Waals surface area (Å²) in [5.74, 6) is 0. The van der Waals surface area contributed by atoms with Crippen molar-refractivity contribution >= 4 is 26.5 Å². The fourth-order valence-corrected chi connectivity index (χ4v) is 5.59. The van der Waals surface area contributed by atoms with Gasteiger partial charge >= 0.3 is 0 Å². The second kappa shape index (κ2) is 9.36. The molecule has 0 fully saturated rings. The molecule has 168 valence electrons. The van der Waals surface area contributed by atoms with E-state index in [-0.39, 0.29) is 10.6 Å². The van der Waals surface area contributed by atoms with E-state index in [9.17, 15) is 18.5 Å². The molecule has 32 heavy (non-hydrogen) atoms. The van der Waals surface area contributed by atoms with Gasteiger partial charge in [-0.2, -0.15) is 0 Å². The quantitative estimate of drug-likeness (QED) is 0.314. The Morgan fingerprint density at radius 2 is 1.81 bits per heavy atom. The van der Waals surface area contributed by atoms with Crippen LogP contribution in [0.15, 0.2) is 59.5 Å². The SMILES string of the molecule is Cc1ccc(S(=O)(=O)NCCCCN2CCc3ccc([N+](=O)[O-])cc3C2)c2ccccc12. The second-order valence-electron chi connectivity index (χ2n) is 8.27. The molecule has 1 N–H and O–H groups in total. The molecule has 0 saturated carbocycles. The summed E-state index contributed by atoms with van der Waals surface area (Å²) in [5, 5.41) is 12.7. The van der Waals surface area contributed by atoms with Crippen LogP contribution in [0, 0.1) is 17.0 Å². The van der Waals surface area contributed by atoms with Gasteiger partial charge in [0.2, 0.25) is 10.0 Å². The molecule has 4 rings (SSSR count). The molecule has 0 bridgehead atoms. The first kappa shape index (κ1) is 22.4. The van der Waals surface area contributed by atoms with Crippen LogP contribution in [0.1, 0.15) is 29.5 Å². The molecule has 0 atom stereocenters. The van der Waals surface area contributed by atoms with Crippen LogP contribution in [0.4, 0.5) is 5.69 Å². The van der Waals surface area contributed by atoms with Crippen molar-refractivity contribution < 1.29 is 13.3 Å². The number of nitro benzene ring substituents is 1. The van der Waals surface area contributed by atoms with Crippen molar-refractivity contribution in [1.82, 2.24) is 9.62 Å². The van der Waals surface area contributed by atoms with Gasteiger partial charge in [-0.05, 0) is 60.9 Å². The first-order chi connectivity index (χ1) is 15.3. The van der Waals surface area contributed by atoms with Crippen molar-refractivity contribution in [3.8, 4) is 0 Å². The van der Waals surface area contributed by atoms with E-state index in [1.807, 2.05) is 43.3 Å². The maximum Gasteiger partial charge on any atom is 0.269 e. The second-order valence-corrected chi connectivity index (χ2v) is 10.0. The normalized spacial score (nSPS) is 14.4. The topological polar surface area (TPSA) is 92.6 Å². The molecular formula is C24H27N3O4S. The van der Waals surface area contributed by atoms with Crippen LogP contribution in [-0.4, -0.2) is 37.9 Å². The molecule has 0 aromatic heterocycles. The van der Waals surface area contributed by atoms with Gasteiger partial charge in [-0.3, -0.25) is 15.0 Å². The van der Waals surface area contributed by atoms with Crippen LogP contribution in [0.5, 0.6) is 0 Å². The van der Waals surface area contributed by atoms with Gasteiger partial charge in [0.15, 0.2) is 0 Å². The average Bonchev–Trinajstić information content (AvgIpc) is 2.78. The Morgan fingerprint density at radius 3 is 2.59 bits per heavy atom. The van der Waals surface area contributed by atoms with Gasteiger partial charge in [0.05, 0.1) is 9.82 Å². The molecule has 0 radical (unpaired) electrons. The molecule has 1 aliphatic heterocycles. The predicted molar refractivity (Wildman–Crippen MR) is 125 cm³/mol. The van der Waals surface area contributed by atoms with Gasteiger partial charge in [-0.15, -0.1) is 0 Å². The van der Waals surface area contributed by atoms with E-state index < -0.39 is 10.0 Å². The molecule has 3 aromatic rings. The molecule has 0 amide bonds. The number of hydrogen-bond acceptors (Lipinski definition) is 5. The summed E-state index contributed by atoms with van der Waals surface area (Å²) in [6, 6.07) is 16.2.